The van der Waals surface area contributed by atoms with Gasteiger partial charge in [-0.1, -0.05) is 78.9 Å². The molecule has 0 unspecified atom stereocenters. The van der Waals surface area contributed by atoms with Crippen molar-refractivity contribution in [2.24, 2.45) is 0 Å². The third-order valence-corrected chi connectivity index (χ3v) is 5.19. The molecule has 0 bridgehead atoms. The number of aromatic nitrogens is 3. The molecule has 0 spiro atoms. The monoisotopic (exact) mass is 411 g/mol. The summed E-state index contributed by atoms with van der Waals surface area (Å²) < 4.78 is 0. The number of nitrogens with zero attached hydrogens (tertiary/aromatic N) is 3. The van der Waals surface area contributed by atoms with Gasteiger partial charge in [-0.15, -0.1) is 0 Å². The van der Waals surface area contributed by atoms with E-state index in [4.69, 9.17) is 4.98 Å². The normalized spacial score (nSPS) is 11.0. The lowest BCUT2D eigenvalue weighted by Crippen LogP contribution is -1.93. The third-order valence-electron chi connectivity index (χ3n) is 5.19. The van der Waals surface area contributed by atoms with Crippen molar-refractivity contribution in [3.8, 4) is 33.9 Å². The van der Waals surface area contributed by atoms with E-state index >= 15 is 0 Å². The highest BCUT2D eigenvalue weighted by Gasteiger charge is 2.10. The Morgan fingerprint density at radius 3 is 1.50 bits per heavy atom. The van der Waals surface area contributed by atoms with Crippen molar-refractivity contribution in [3.05, 3.63) is 127 Å². The molecule has 2 aromatic carbocycles. The molecular weight excluding hydrogens is 390 g/mol. The van der Waals surface area contributed by atoms with Gasteiger partial charge in [-0.2, -0.15) is 0 Å². The summed E-state index contributed by atoms with van der Waals surface area (Å²) in [6, 6.07) is 34.8. The Bertz CT molecular complexity index is 1270. The molecule has 0 fully saturated rings. The maximum atomic E-state index is 4.84. The van der Waals surface area contributed by atoms with Gasteiger partial charge in [0, 0.05) is 12.4 Å². The van der Waals surface area contributed by atoms with E-state index in [2.05, 4.69) is 70.7 Å². The van der Waals surface area contributed by atoms with E-state index in [0.717, 1.165) is 39.5 Å². The van der Waals surface area contributed by atoms with Crippen LogP contribution in [-0.2, 0) is 0 Å². The standard InChI is InChI=1S/C29H21N3/c1-2-8-22(9-3-1)12-13-23-14-16-24(17-15-23)25-20-28(26-10-4-6-18-30-26)32-29(21-25)27-11-5-7-19-31-27/h1-21H/b13-12+. The maximum Gasteiger partial charge on any atom is 0.0900 e. The lowest BCUT2D eigenvalue weighted by atomic mass is 10.0. The van der Waals surface area contributed by atoms with Gasteiger partial charge in [0.2, 0.25) is 0 Å². The summed E-state index contributed by atoms with van der Waals surface area (Å²) in [7, 11) is 0. The van der Waals surface area contributed by atoms with E-state index in [1.54, 1.807) is 12.4 Å². The second-order valence-electron chi connectivity index (χ2n) is 7.42. The molecule has 5 aromatic rings. The summed E-state index contributed by atoms with van der Waals surface area (Å²) in [5.74, 6) is 0. The second-order valence-corrected chi connectivity index (χ2v) is 7.42. The molecule has 152 valence electrons. The van der Waals surface area contributed by atoms with E-state index in [0.29, 0.717) is 0 Å². The fraction of sp³-hybridized carbons (Fsp3) is 0. The highest BCUT2D eigenvalue weighted by molar-refractivity contribution is 5.76. The van der Waals surface area contributed by atoms with Gasteiger partial charge < -0.3 is 0 Å². The van der Waals surface area contributed by atoms with Crippen LogP contribution < -0.4 is 0 Å². The van der Waals surface area contributed by atoms with Gasteiger partial charge in [-0.3, -0.25) is 9.97 Å². The first kappa shape index (κ1) is 19.6. The lowest BCUT2D eigenvalue weighted by molar-refractivity contribution is 1.22. The maximum absolute atomic E-state index is 4.84. The number of rotatable bonds is 5. The van der Waals surface area contributed by atoms with Gasteiger partial charge in [0.25, 0.3) is 0 Å². The second kappa shape index (κ2) is 9.19. The topological polar surface area (TPSA) is 38.7 Å². The van der Waals surface area contributed by atoms with Crippen molar-refractivity contribution in [3.63, 3.8) is 0 Å². The zero-order chi connectivity index (χ0) is 21.6. The minimum absolute atomic E-state index is 0.830. The van der Waals surface area contributed by atoms with Crippen molar-refractivity contribution in [1.29, 1.82) is 0 Å². The van der Waals surface area contributed by atoms with Crippen LogP contribution in [0.1, 0.15) is 11.1 Å². The van der Waals surface area contributed by atoms with Crippen molar-refractivity contribution in [2.45, 2.75) is 0 Å². The Balaban J connectivity index is 1.51. The summed E-state index contributed by atoms with van der Waals surface area (Å²) in [4.78, 5) is 13.8. The largest absolute Gasteiger partial charge is 0.255 e. The minimum atomic E-state index is 0.830. The fourth-order valence-electron chi connectivity index (χ4n) is 3.53. The first-order valence-electron chi connectivity index (χ1n) is 10.5. The average molecular weight is 412 g/mol. The predicted molar refractivity (Wildman–Crippen MR) is 132 cm³/mol. The Kier molecular flexibility index (Phi) is 5.62. The van der Waals surface area contributed by atoms with Gasteiger partial charge in [0.15, 0.2) is 0 Å². The minimum Gasteiger partial charge on any atom is -0.255 e. The smallest absolute Gasteiger partial charge is 0.0900 e. The van der Waals surface area contributed by atoms with Crippen molar-refractivity contribution in [2.75, 3.05) is 0 Å². The van der Waals surface area contributed by atoms with Gasteiger partial charge in [0.1, 0.15) is 0 Å². The quantitative estimate of drug-likeness (QED) is 0.291. The first-order valence-corrected chi connectivity index (χ1v) is 10.5. The van der Waals surface area contributed by atoms with Crippen LogP contribution >= 0.6 is 0 Å². The molecule has 0 N–H and O–H groups in total. The third kappa shape index (κ3) is 4.52. The zero-order valence-electron chi connectivity index (χ0n) is 17.5. The van der Waals surface area contributed by atoms with Crippen molar-refractivity contribution in [1.82, 2.24) is 15.0 Å². The van der Waals surface area contributed by atoms with Crippen LogP contribution in [-0.4, -0.2) is 15.0 Å². The number of benzene rings is 2. The van der Waals surface area contributed by atoms with Gasteiger partial charge in [0.05, 0.1) is 22.8 Å². The van der Waals surface area contributed by atoms with E-state index in [-0.39, 0.29) is 0 Å². The number of hydrogen-bond acceptors (Lipinski definition) is 3. The first-order chi connectivity index (χ1) is 15.8. The molecule has 3 aromatic heterocycles. The molecule has 3 nitrogen and oxygen atoms in total. The molecule has 0 aliphatic heterocycles. The fourth-order valence-corrected chi connectivity index (χ4v) is 3.53. The Hall–Kier alpha value is -4.37. The predicted octanol–water partition coefficient (Wildman–Crippen LogP) is 7.04. The molecule has 5 rings (SSSR count). The zero-order valence-corrected chi connectivity index (χ0v) is 17.5. The van der Waals surface area contributed by atoms with E-state index < -0.39 is 0 Å². The molecule has 0 aliphatic rings. The Labute approximate surface area is 187 Å². The molecule has 0 saturated carbocycles. The van der Waals surface area contributed by atoms with Crippen LogP contribution in [0.25, 0.3) is 46.1 Å². The van der Waals surface area contributed by atoms with Crippen LogP contribution in [0, 0.1) is 0 Å². The summed E-state index contributed by atoms with van der Waals surface area (Å²) in [6.07, 6.45) is 7.83. The summed E-state index contributed by atoms with van der Waals surface area (Å²) in [5, 5.41) is 0. The summed E-state index contributed by atoms with van der Waals surface area (Å²) in [5.41, 5.74) is 7.89. The summed E-state index contributed by atoms with van der Waals surface area (Å²) >= 11 is 0. The van der Waals surface area contributed by atoms with Gasteiger partial charge >= 0.3 is 0 Å². The molecule has 32 heavy (non-hydrogen) atoms. The number of pyridine rings is 3. The van der Waals surface area contributed by atoms with Crippen LogP contribution in [0.4, 0.5) is 0 Å². The molecule has 0 radical (unpaired) electrons. The van der Waals surface area contributed by atoms with E-state index in [9.17, 15) is 0 Å². The van der Waals surface area contributed by atoms with Crippen LogP contribution in [0.3, 0.4) is 0 Å². The van der Waals surface area contributed by atoms with Crippen LogP contribution in [0.5, 0.6) is 0 Å². The SMILES string of the molecule is C(=C\c1ccc(-c2cc(-c3ccccn3)nc(-c3ccccn3)c2)cc1)/c1ccccc1. The lowest BCUT2D eigenvalue weighted by Gasteiger charge is -2.09. The Morgan fingerprint density at radius 2 is 0.969 bits per heavy atom. The molecular formula is C29H21N3. The Morgan fingerprint density at radius 1 is 0.438 bits per heavy atom. The van der Waals surface area contributed by atoms with Gasteiger partial charge in [-0.25, -0.2) is 4.98 Å². The van der Waals surface area contributed by atoms with Crippen LogP contribution in [0.2, 0.25) is 0 Å². The van der Waals surface area contributed by atoms with Crippen LogP contribution in [0.15, 0.2) is 116 Å². The average Bonchev–Trinajstić information content (AvgIpc) is 2.89. The molecule has 3 heterocycles. The highest BCUT2D eigenvalue weighted by Crippen LogP contribution is 2.29. The molecule has 0 amide bonds. The molecule has 3 heteroatoms. The summed E-state index contributed by atoms with van der Waals surface area (Å²) in [6.45, 7) is 0. The molecule has 0 saturated heterocycles. The highest BCUT2D eigenvalue weighted by atomic mass is 14.8. The van der Waals surface area contributed by atoms with E-state index in [1.807, 2.05) is 54.6 Å². The number of hydrogen-bond donors (Lipinski definition) is 0. The van der Waals surface area contributed by atoms with E-state index in [1.165, 1.54) is 5.56 Å². The molecule has 0 atom stereocenters. The van der Waals surface area contributed by atoms with Gasteiger partial charge in [-0.05, 0) is 58.7 Å². The van der Waals surface area contributed by atoms with Crippen molar-refractivity contribution >= 4 is 12.2 Å². The van der Waals surface area contributed by atoms with Crippen molar-refractivity contribution < 1.29 is 0 Å². The molecule has 0 aliphatic carbocycles.